The SMILES string of the molecule is C=CC(=O)NC(C)(S)CC. The van der Waals surface area contributed by atoms with Gasteiger partial charge in [0.2, 0.25) is 5.91 Å². The number of nitrogens with one attached hydrogen (secondary N) is 1. The average molecular weight is 159 g/mol. The van der Waals surface area contributed by atoms with E-state index in [-0.39, 0.29) is 5.91 Å². The van der Waals surface area contributed by atoms with Crippen molar-refractivity contribution in [1.29, 1.82) is 0 Å². The van der Waals surface area contributed by atoms with Crippen LogP contribution >= 0.6 is 12.6 Å². The van der Waals surface area contributed by atoms with Gasteiger partial charge in [0.05, 0.1) is 4.87 Å². The van der Waals surface area contributed by atoms with Crippen LogP contribution in [0.4, 0.5) is 0 Å². The van der Waals surface area contributed by atoms with Gasteiger partial charge in [-0.15, -0.1) is 0 Å². The van der Waals surface area contributed by atoms with Gasteiger partial charge in [0.15, 0.2) is 0 Å². The second-order valence-electron chi connectivity index (χ2n) is 2.32. The Bertz CT molecular complexity index is 143. The van der Waals surface area contributed by atoms with Crippen molar-refractivity contribution in [3.8, 4) is 0 Å². The number of amides is 1. The first-order valence-electron chi connectivity index (χ1n) is 3.19. The molecule has 58 valence electrons. The van der Waals surface area contributed by atoms with E-state index in [1.807, 2.05) is 13.8 Å². The lowest BCUT2D eigenvalue weighted by Gasteiger charge is -2.21. The summed E-state index contributed by atoms with van der Waals surface area (Å²) in [5.41, 5.74) is 0. The highest BCUT2D eigenvalue weighted by molar-refractivity contribution is 7.81. The molecule has 1 unspecified atom stereocenters. The molecule has 3 heteroatoms. The second-order valence-corrected chi connectivity index (χ2v) is 3.31. The molecule has 0 aromatic carbocycles. The second kappa shape index (κ2) is 3.66. The van der Waals surface area contributed by atoms with Crippen LogP contribution in [-0.4, -0.2) is 10.8 Å². The average Bonchev–Trinajstić information content (AvgIpc) is 1.87. The Balaban J connectivity index is 3.87. The minimum absolute atomic E-state index is 0.181. The molecule has 0 heterocycles. The van der Waals surface area contributed by atoms with Crippen molar-refractivity contribution in [2.24, 2.45) is 0 Å². The van der Waals surface area contributed by atoms with Crippen LogP contribution in [-0.2, 0) is 4.79 Å². The topological polar surface area (TPSA) is 29.1 Å². The van der Waals surface area contributed by atoms with Gasteiger partial charge in [-0.3, -0.25) is 4.79 Å². The van der Waals surface area contributed by atoms with Crippen molar-refractivity contribution in [3.05, 3.63) is 12.7 Å². The van der Waals surface area contributed by atoms with E-state index in [9.17, 15) is 4.79 Å². The zero-order chi connectivity index (χ0) is 8.20. The third-order valence-corrected chi connectivity index (χ3v) is 1.69. The fraction of sp³-hybridized carbons (Fsp3) is 0.571. The van der Waals surface area contributed by atoms with Crippen LogP contribution in [0.3, 0.4) is 0 Å². The smallest absolute Gasteiger partial charge is 0.244 e. The predicted molar refractivity (Wildman–Crippen MR) is 46.0 cm³/mol. The predicted octanol–water partition coefficient (Wildman–Crippen LogP) is 1.34. The lowest BCUT2D eigenvalue weighted by molar-refractivity contribution is -0.117. The number of carbonyl (C=O) groups excluding carboxylic acids is 1. The van der Waals surface area contributed by atoms with E-state index in [4.69, 9.17) is 0 Å². The maximum Gasteiger partial charge on any atom is 0.244 e. The molecular weight excluding hydrogens is 146 g/mol. The van der Waals surface area contributed by atoms with Crippen LogP contribution in [0.1, 0.15) is 20.3 Å². The van der Waals surface area contributed by atoms with Gasteiger partial charge in [0.25, 0.3) is 0 Å². The van der Waals surface area contributed by atoms with Crippen molar-refractivity contribution in [2.45, 2.75) is 25.1 Å². The molecule has 1 amide bonds. The quantitative estimate of drug-likeness (QED) is 0.363. The maximum atomic E-state index is 10.7. The highest BCUT2D eigenvalue weighted by atomic mass is 32.1. The summed E-state index contributed by atoms with van der Waals surface area (Å²) in [5.74, 6) is -0.181. The minimum Gasteiger partial charge on any atom is -0.339 e. The summed E-state index contributed by atoms with van der Waals surface area (Å²) >= 11 is 4.20. The Kier molecular flexibility index (Phi) is 3.50. The molecule has 0 rings (SSSR count). The minimum atomic E-state index is -0.411. The number of hydrogen-bond acceptors (Lipinski definition) is 2. The summed E-state index contributed by atoms with van der Waals surface area (Å²) in [7, 11) is 0. The number of hydrogen-bond donors (Lipinski definition) is 2. The zero-order valence-corrected chi connectivity index (χ0v) is 7.24. The van der Waals surface area contributed by atoms with Gasteiger partial charge < -0.3 is 5.32 Å². The molecule has 0 saturated heterocycles. The van der Waals surface area contributed by atoms with Crippen molar-refractivity contribution < 1.29 is 4.79 Å². The highest BCUT2D eigenvalue weighted by Gasteiger charge is 2.16. The molecule has 0 aliphatic carbocycles. The Morgan fingerprint density at radius 1 is 1.90 bits per heavy atom. The molecule has 1 N–H and O–H groups in total. The van der Waals surface area contributed by atoms with Crippen molar-refractivity contribution in [1.82, 2.24) is 5.32 Å². The van der Waals surface area contributed by atoms with Crippen LogP contribution in [0.15, 0.2) is 12.7 Å². The summed E-state index contributed by atoms with van der Waals surface area (Å²) in [6.45, 7) is 7.13. The molecule has 2 nitrogen and oxygen atoms in total. The summed E-state index contributed by atoms with van der Waals surface area (Å²) in [5, 5.41) is 2.66. The fourth-order valence-electron chi connectivity index (χ4n) is 0.405. The molecule has 0 aromatic heterocycles. The van der Waals surface area contributed by atoms with Crippen molar-refractivity contribution in [2.75, 3.05) is 0 Å². The molecule has 0 bridgehead atoms. The molecule has 0 spiro atoms. The number of rotatable bonds is 3. The van der Waals surface area contributed by atoms with Gasteiger partial charge in [-0.05, 0) is 19.4 Å². The van der Waals surface area contributed by atoms with Crippen molar-refractivity contribution >= 4 is 18.5 Å². The van der Waals surface area contributed by atoms with Gasteiger partial charge in [-0.1, -0.05) is 13.5 Å². The third kappa shape index (κ3) is 3.56. The molecule has 1 atom stereocenters. The molecular formula is C7H13NOS. The summed E-state index contributed by atoms with van der Waals surface area (Å²) in [6, 6.07) is 0. The summed E-state index contributed by atoms with van der Waals surface area (Å²) in [4.78, 5) is 10.3. The highest BCUT2D eigenvalue weighted by Crippen LogP contribution is 2.12. The van der Waals surface area contributed by atoms with E-state index < -0.39 is 4.87 Å². The maximum absolute atomic E-state index is 10.7. The molecule has 0 saturated carbocycles. The van der Waals surface area contributed by atoms with Crippen LogP contribution in [0.25, 0.3) is 0 Å². The zero-order valence-electron chi connectivity index (χ0n) is 6.35. The Morgan fingerprint density at radius 2 is 2.40 bits per heavy atom. The largest absolute Gasteiger partial charge is 0.339 e. The lowest BCUT2D eigenvalue weighted by Crippen LogP contribution is -2.39. The van der Waals surface area contributed by atoms with E-state index in [1.165, 1.54) is 6.08 Å². The molecule has 0 aromatic rings. The molecule has 0 aliphatic heterocycles. The van der Waals surface area contributed by atoms with E-state index >= 15 is 0 Å². The first-order chi connectivity index (χ1) is 4.52. The fourth-order valence-corrected chi connectivity index (χ4v) is 0.515. The molecule has 10 heavy (non-hydrogen) atoms. The van der Waals surface area contributed by atoms with Crippen LogP contribution in [0.2, 0.25) is 0 Å². The lowest BCUT2D eigenvalue weighted by atomic mass is 10.2. The van der Waals surface area contributed by atoms with Crippen LogP contribution < -0.4 is 5.32 Å². The van der Waals surface area contributed by atoms with Crippen LogP contribution in [0, 0.1) is 0 Å². The monoisotopic (exact) mass is 159 g/mol. The van der Waals surface area contributed by atoms with Gasteiger partial charge >= 0.3 is 0 Å². The first kappa shape index (κ1) is 9.56. The number of carbonyl (C=O) groups is 1. The molecule has 0 radical (unpaired) electrons. The summed E-state index contributed by atoms with van der Waals surface area (Å²) < 4.78 is 0. The Hall–Kier alpha value is -0.440. The van der Waals surface area contributed by atoms with E-state index in [2.05, 4.69) is 24.5 Å². The van der Waals surface area contributed by atoms with Gasteiger partial charge in [-0.25, -0.2) is 0 Å². The Labute approximate surface area is 67.1 Å². The van der Waals surface area contributed by atoms with Crippen LogP contribution in [0.5, 0.6) is 0 Å². The van der Waals surface area contributed by atoms with Gasteiger partial charge in [0.1, 0.15) is 0 Å². The Morgan fingerprint density at radius 3 is 2.70 bits per heavy atom. The van der Waals surface area contributed by atoms with Gasteiger partial charge in [-0.2, -0.15) is 12.6 Å². The molecule has 0 aliphatic rings. The van der Waals surface area contributed by atoms with E-state index in [0.29, 0.717) is 0 Å². The standard InChI is InChI=1S/C7H13NOS/c1-4-6(9)8-7(3,10)5-2/h4,10H,1,5H2,2-3H3,(H,8,9). The van der Waals surface area contributed by atoms with E-state index in [0.717, 1.165) is 6.42 Å². The third-order valence-electron chi connectivity index (χ3n) is 1.27. The number of thiol groups is 1. The first-order valence-corrected chi connectivity index (χ1v) is 3.63. The normalized spacial score (nSPS) is 15.5. The van der Waals surface area contributed by atoms with Gasteiger partial charge in [0, 0.05) is 0 Å². The van der Waals surface area contributed by atoms with Crippen molar-refractivity contribution in [3.63, 3.8) is 0 Å². The molecule has 0 fully saturated rings. The summed E-state index contributed by atoms with van der Waals surface area (Å²) in [6.07, 6.45) is 2.03. The van der Waals surface area contributed by atoms with E-state index in [1.54, 1.807) is 0 Å².